The molecule has 0 radical (unpaired) electrons. The van der Waals surface area contributed by atoms with Gasteiger partial charge in [-0.1, -0.05) is 0 Å². The summed E-state index contributed by atoms with van der Waals surface area (Å²) in [5, 5.41) is 4.10. The number of sulfonamides is 1. The quantitative estimate of drug-likeness (QED) is 0.919. The molecule has 4 nitrogen and oxygen atoms in total. The topological polar surface area (TPSA) is 63.4 Å². The van der Waals surface area contributed by atoms with E-state index >= 15 is 0 Å². The number of thiophene rings is 1. The number of hydrogen-bond donors (Lipinski definition) is 1. The van der Waals surface area contributed by atoms with Crippen molar-refractivity contribution in [1.82, 2.24) is 4.31 Å². The van der Waals surface area contributed by atoms with Crippen molar-refractivity contribution in [3.05, 3.63) is 22.4 Å². The lowest BCUT2D eigenvalue weighted by molar-refractivity contribution is 0.247. The molecule has 18 heavy (non-hydrogen) atoms. The molecule has 1 fully saturated rings. The molecule has 2 rings (SSSR count). The lowest BCUT2D eigenvalue weighted by Crippen LogP contribution is -2.40. The van der Waals surface area contributed by atoms with Gasteiger partial charge in [0.05, 0.1) is 6.26 Å². The predicted octanol–water partition coefficient (Wildman–Crippen LogP) is 1.81. The van der Waals surface area contributed by atoms with Crippen molar-refractivity contribution in [2.45, 2.75) is 25.3 Å². The molecular formula is C12H20N2O2S2. The van der Waals surface area contributed by atoms with Crippen molar-refractivity contribution >= 4 is 21.4 Å². The minimum absolute atomic E-state index is 0.0285. The van der Waals surface area contributed by atoms with Gasteiger partial charge in [-0.3, -0.25) is 0 Å². The summed E-state index contributed by atoms with van der Waals surface area (Å²) in [6.45, 7) is 1.28. The summed E-state index contributed by atoms with van der Waals surface area (Å²) >= 11 is 1.65. The van der Waals surface area contributed by atoms with Gasteiger partial charge in [-0.2, -0.15) is 11.3 Å². The van der Waals surface area contributed by atoms with Crippen molar-refractivity contribution in [3.63, 3.8) is 0 Å². The van der Waals surface area contributed by atoms with E-state index in [1.807, 2.05) is 11.4 Å². The van der Waals surface area contributed by atoms with Crippen LogP contribution in [-0.2, 0) is 10.0 Å². The van der Waals surface area contributed by atoms with Gasteiger partial charge in [0.1, 0.15) is 0 Å². The zero-order valence-electron chi connectivity index (χ0n) is 10.6. The standard InChI is InChI=1S/C12H20N2O2S2/c1-18(15,16)14-5-2-3-10(8-14)7-12(13)11-4-6-17-9-11/h4,6,9-10,12H,2-3,5,7-8,13H2,1H3. The zero-order valence-corrected chi connectivity index (χ0v) is 12.2. The van der Waals surface area contributed by atoms with Crippen LogP contribution in [0.2, 0.25) is 0 Å². The summed E-state index contributed by atoms with van der Waals surface area (Å²) in [5.41, 5.74) is 7.33. The molecule has 0 aromatic carbocycles. The molecule has 1 aromatic heterocycles. The SMILES string of the molecule is CS(=O)(=O)N1CCCC(CC(N)c2ccsc2)C1. The van der Waals surface area contributed by atoms with E-state index in [1.165, 1.54) is 6.26 Å². The maximum Gasteiger partial charge on any atom is 0.211 e. The molecule has 1 aromatic rings. The molecule has 0 amide bonds. The third kappa shape index (κ3) is 3.54. The smallest absolute Gasteiger partial charge is 0.211 e. The fourth-order valence-electron chi connectivity index (χ4n) is 2.50. The van der Waals surface area contributed by atoms with E-state index in [9.17, 15) is 8.42 Å². The fraction of sp³-hybridized carbons (Fsp3) is 0.667. The summed E-state index contributed by atoms with van der Waals surface area (Å²) in [5.74, 6) is 0.378. The number of hydrogen-bond acceptors (Lipinski definition) is 4. The second-order valence-corrected chi connectivity index (χ2v) is 7.79. The molecule has 1 aliphatic rings. The van der Waals surface area contributed by atoms with E-state index in [0.717, 1.165) is 24.8 Å². The van der Waals surface area contributed by atoms with E-state index in [2.05, 4.69) is 5.38 Å². The van der Waals surface area contributed by atoms with Crippen LogP contribution in [0, 0.1) is 5.92 Å². The van der Waals surface area contributed by atoms with Crippen LogP contribution in [0.25, 0.3) is 0 Å². The average molecular weight is 288 g/mol. The Hall–Kier alpha value is -0.430. The maximum absolute atomic E-state index is 11.5. The first-order valence-electron chi connectivity index (χ1n) is 6.19. The van der Waals surface area contributed by atoms with Gasteiger partial charge in [-0.25, -0.2) is 12.7 Å². The summed E-state index contributed by atoms with van der Waals surface area (Å²) in [4.78, 5) is 0. The zero-order chi connectivity index (χ0) is 13.2. The van der Waals surface area contributed by atoms with Crippen LogP contribution in [0.15, 0.2) is 16.8 Å². The van der Waals surface area contributed by atoms with Gasteiger partial charge >= 0.3 is 0 Å². The average Bonchev–Trinajstić information content (AvgIpc) is 2.81. The van der Waals surface area contributed by atoms with Gasteiger partial charge in [0, 0.05) is 19.1 Å². The van der Waals surface area contributed by atoms with Crippen LogP contribution in [0.1, 0.15) is 30.9 Å². The highest BCUT2D eigenvalue weighted by Crippen LogP contribution is 2.27. The second-order valence-electron chi connectivity index (χ2n) is 5.03. The first kappa shape index (κ1) is 14.0. The molecule has 0 aliphatic carbocycles. The molecule has 2 N–H and O–H groups in total. The Balaban J connectivity index is 1.94. The van der Waals surface area contributed by atoms with Crippen molar-refractivity contribution < 1.29 is 8.42 Å². The van der Waals surface area contributed by atoms with Crippen molar-refractivity contribution in [3.8, 4) is 0 Å². The van der Waals surface area contributed by atoms with E-state index in [1.54, 1.807) is 15.6 Å². The van der Waals surface area contributed by atoms with Crippen LogP contribution in [0.4, 0.5) is 0 Å². The highest BCUT2D eigenvalue weighted by atomic mass is 32.2. The van der Waals surface area contributed by atoms with E-state index in [0.29, 0.717) is 19.0 Å². The molecule has 102 valence electrons. The molecular weight excluding hydrogens is 268 g/mol. The van der Waals surface area contributed by atoms with Crippen LogP contribution in [-0.4, -0.2) is 32.1 Å². The van der Waals surface area contributed by atoms with E-state index < -0.39 is 10.0 Å². The van der Waals surface area contributed by atoms with Crippen molar-refractivity contribution in [2.24, 2.45) is 11.7 Å². The first-order chi connectivity index (χ1) is 8.47. The third-order valence-electron chi connectivity index (χ3n) is 3.51. The van der Waals surface area contributed by atoms with Crippen LogP contribution in [0.5, 0.6) is 0 Å². The Bertz CT molecular complexity index is 470. The number of piperidine rings is 1. The Morgan fingerprint density at radius 3 is 3.00 bits per heavy atom. The molecule has 6 heteroatoms. The minimum Gasteiger partial charge on any atom is -0.324 e. The normalized spacial score (nSPS) is 24.0. The lowest BCUT2D eigenvalue weighted by atomic mass is 9.91. The molecule has 0 saturated carbocycles. The predicted molar refractivity (Wildman–Crippen MR) is 75.0 cm³/mol. The number of rotatable bonds is 4. The maximum atomic E-state index is 11.5. The van der Waals surface area contributed by atoms with Crippen molar-refractivity contribution in [1.29, 1.82) is 0 Å². The highest BCUT2D eigenvalue weighted by molar-refractivity contribution is 7.88. The summed E-state index contributed by atoms with van der Waals surface area (Å²) in [7, 11) is -3.05. The molecule has 1 aliphatic heterocycles. The first-order valence-corrected chi connectivity index (χ1v) is 8.98. The molecule has 1 saturated heterocycles. The third-order valence-corrected chi connectivity index (χ3v) is 5.48. The Kier molecular flexibility index (Phi) is 4.42. The molecule has 2 atom stereocenters. The van der Waals surface area contributed by atoms with Gasteiger partial charge in [0.25, 0.3) is 0 Å². The van der Waals surface area contributed by atoms with Gasteiger partial charge in [0.15, 0.2) is 0 Å². The van der Waals surface area contributed by atoms with E-state index in [-0.39, 0.29) is 6.04 Å². The minimum atomic E-state index is -3.05. The van der Waals surface area contributed by atoms with Crippen LogP contribution in [0.3, 0.4) is 0 Å². The molecule has 2 unspecified atom stereocenters. The van der Waals surface area contributed by atoms with Crippen molar-refractivity contribution in [2.75, 3.05) is 19.3 Å². The summed E-state index contributed by atoms with van der Waals surface area (Å²) in [6.07, 6.45) is 4.16. The lowest BCUT2D eigenvalue weighted by Gasteiger charge is -2.32. The molecule has 0 spiro atoms. The van der Waals surface area contributed by atoms with Crippen LogP contribution < -0.4 is 5.73 Å². The van der Waals surface area contributed by atoms with Crippen LogP contribution >= 0.6 is 11.3 Å². The monoisotopic (exact) mass is 288 g/mol. The van der Waals surface area contributed by atoms with E-state index in [4.69, 9.17) is 5.73 Å². The molecule has 0 bridgehead atoms. The fourth-order valence-corrected chi connectivity index (χ4v) is 4.17. The second kappa shape index (κ2) is 5.69. The van der Waals surface area contributed by atoms with Gasteiger partial charge in [-0.05, 0) is 47.6 Å². The van der Waals surface area contributed by atoms with Gasteiger partial charge in [-0.15, -0.1) is 0 Å². The Labute approximate surface area is 113 Å². The Morgan fingerprint density at radius 1 is 1.61 bits per heavy atom. The summed E-state index contributed by atoms with van der Waals surface area (Å²) in [6, 6.07) is 2.08. The van der Waals surface area contributed by atoms with Gasteiger partial charge < -0.3 is 5.73 Å². The highest BCUT2D eigenvalue weighted by Gasteiger charge is 2.27. The largest absolute Gasteiger partial charge is 0.324 e. The van der Waals surface area contributed by atoms with Gasteiger partial charge in [0.2, 0.25) is 10.0 Å². The summed E-state index contributed by atoms with van der Waals surface area (Å²) < 4.78 is 24.7. The number of nitrogens with zero attached hydrogens (tertiary/aromatic N) is 1. The number of nitrogens with two attached hydrogens (primary N) is 1. The molecule has 2 heterocycles. The Morgan fingerprint density at radius 2 is 2.39 bits per heavy atom.